The molecule has 0 saturated carbocycles. The number of nitrogens with one attached hydrogen (secondary N) is 1. The molecular formula is C14H13ClF2N2O. The maximum Gasteiger partial charge on any atom is 0.165 e. The molecule has 0 spiro atoms. The van der Waals surface area contributed by atoms with E-state index in [0.29, 0.717) is 5.56 Å². The molecule has 0 aromatic heterocycles. The monoisotopic (exact) mass is 298 g/mol. The SMILES string of the molecule is COc1ccc(C(NN)c2ccc(Cl)cc2F)cc1F. The van der Waals surface area contributed by atoms with Crippen molar-refractivity contribution in [2.45, 2.75) is 6.04 Å². The second-order valence-electron chi connectivity index (χ2n) is 4.16. The maximum absolute atomic E-state index is 13.9. The van der Waals surface area contributed by atoms with Crippen molar-refractivity contribution >= 4 is 11.6 Å². The van der Waals surface area contributed by atoms with Gasteiger partial charge in [0, 0.05) is 10.6 Å². The van der Waals surface area contributed by atoms with Crippen molar-refractivity contribution in [2.24, 2.45) is 5.84 Å². The van der Waals surface area contributed by atoms with Crippen LogP contribution in [0.5, 0.6) is 5.75 Å². The summed E-state index contributed by atoms with van der Waals surface area (Å²) >= 11 is 5.71. The molecule has 6 heteroatoms. The minimum atomic E-state index is -0.687. The van der Waals surface area contributed by atoms with Crippen LogP contribution in [0.1, 0.15) is 17.2 Å². The Kier molecular flexibility index (Phi) is 4.54. The van der Waals surface area contributed by atoms with E-state index in [1.165, 1.54) is 31.4 Å². The van der Waals surface area contributed by atoms with Crippen LogP contribution >= 0.6 is 11.6 Å². The topological polar surface area (TPSA) is 47.3 Å². The number of benzene rings is 2. The number of halogens is 3. The molecule has 2 aromatic carbocycles. The van der Waals surface area contributed by atoms with Crippen molar-refractivity contribution < 1.29 is 13.5 Å². The van der Waals surface area contributed by atoms with E-state index in [1.54, 1.807) is 12.1 Å². The van der Waals surface area contributed by atoms with Gasteiger partial charge in [-0.05, 0) is 29.8 Å². The average Bonchev–Trinajstić information content (AvgIpc) is 2.42. The molecule has 106 valence electrons. The van der Waals surface area contributed by atoms with E-state index in [-0.39, 0.29) is 16.3 Å². The highest BCUT2D eigenvalue weighted by atomic mass is 35.5. The smallest absolute Gasteiger partial charge is 0.165 e. The summed E-state index contributed by atoms with van der Waals surface area (Å²) in [6.45, 7) is 0. The molecule has 0 heterocycles. The molecule has 2 aromatic rings. The molecule has 0 aliphatic heterocycles. The van der Waals surface area contributed by atoms with Gasteiger partial charge in [0.15, 0.2) is 11.6 Å². The van der Waals surface area contributed by atoms with Crippen molar-refractivity contribution in [3.8, 4) is 5.75 Å². The fraction of sp³-hybridized carbons (Fsp3) is 0.143. The Balaban J connectivity index is 2.44. The lowest BCUT2D eigenvalue weighted by Gasteiger charge is -2.18. The predicted molar refractivity (Wildman–Crippen MR) is 73.5 cm³/mol. The van der Waals surface area contributed by atoms with E-state index in [2.05, 4.69) is 5.43 Å². The second kappa shape index (κ2) is 6.17. The van der Waals surface area contributed by atoms with Crippen LogP contribution in [0.4, 0.5) is 8.78 Å². The normalized spacial score (nSPS) is 12.2. The lowest BCUT2D eigenvalue weighted by Crippen LogP contribution is -2.29. The fourth-order valence-electron chi connectivity index (χ4n) is 1.96. The zero-order chi connectivity index (χ0) is 14.7. The Hall–Kier alpha value is -1.69. The van der Waals surface area contributed by atoms with E-state index in [4.69, 9.17) is 22.2 Å². The van der Waals surface area contributed by atoms with Gasteiger partial charge in [0.2, 0.25) is 0 Å². The van der Waals surface area contributed by atoms with E-state index < -0.39 is 17.7 Å². The molecule has 0 bridgehead atoms. The summed E-state index contributed by atoms with van der Waals surface area (Å²) in [5, 5.41) is 0.280. The Morgan fingerprint density at radius 3 is 2.45 bits per heavy atom. The van der Waals surface area contributed by atoms with Gasteiger partial charge in [0.05, 0.1) is 13.2 Å². The van der Waals surface area contributed by atoms with E-state index in [9.17, 15) is 8.78 Å². The minimum Gasteiger partial charge on any atom is -0.494 e. The lowest BCUT2D eigenvalue weighted by molar-refractivity contribution is 0.385. The third kappa shape index (κ3) is 2.90. The van der Waals surface area contributed by atoms with Crippen molar-refractivity contribution in [3.05, 3.63) is 64.2 Å². The molecule has 0 aliphatic carbocycles. The van der Waals surface area contributed by atoms with Gasteiger partial charge < -0.3 is 4.74 Å². The van der Waals surface area contributed by atoms with Gasteiger partial charge in [-0.15, -0.1) is 0 Å². The molecule has 20 heavy (non-hydrogen) atoms. The van der Waals surface area contributed by atoms with Crippen LogP contribution in [-0.2, 0) is 0 Å². The number of hydrazine groups is 1. The summed E-state index contributed by atoms with van der Waals surface area (Å²) in [4.78, 5) is 0. The minimum absolute atomic E-state index is 0.112. The first kappa shape index (κ1) is 14.7. The van der Waals surface area contributed by atoms with Gasteiger partial charge in [0.25, 0.3) is 0 Å². The summed E-state index contributed by atoms with van der Waals surface area (Å²) in [5.41, 5.74) is 3.23. The van der Waals surface area contributed by atoms with Gasteiger partial charge in [0.1, 0.15) is 5.82 Å². The van der Waals surface area contributed by atoms with Crippen molar-refractivity contribution in [1.82, 2.24) is 5.43 Å². The van der Waals surface area contributed by atoms with Gasteiger partial charge in [-0.3, -0.25) is 5.84 Å². The third-order valence-corrected chi connectivity index (χ3v) is 3.18. The highest BCUT2D eigenvalue weighted by Crippen LogP contribution is 2.28. The number of methoxy groups -OCH3 is 1. The Morgan fingerprint density at radius 2 is 1.90 bits per heavy atom. The van der Waals surface area contributed by atoms with Crippen LogP contribution in [0.3, 0.4) is 0 Å². The van der Waals surface area contributed by atoms with E-state index >= 15 is 0 Å². The first-order chi connectivity index (χ1) is 9.56. The molecule has 0 saturated heterocycles. The molecule has 0 fully saturated rings. The van der Waals surface area contributed by atoms with Crippen molar-refractivity contribution in [3.63, 3.8) is 0 Å². The average molecular weight is 299 g/mol. The van der Waals surface area contributed by atoms with Crippen LogP contribution in [0.15, 0.2) is 36.4 Å². The summed E-state index contributed by atoms with van der Waals surface area (Å²) < 4.78 is 32.5. The van der Waals surface area contributed by atoms with Crippen LogP contribution in [0.2, 0.25) is 5.02 Å². The Labute approximate surface area is 120 Å². The summed E-state index contributed by atoms with van der Waals surface area (Å²) in [6.07, 6.45) is 0. The molecule has 2 rings (SSSR count). The summed E-state index contributed by atoms with van der Waals surface area (Å²) in [6, 6.07) is 7.86. The number of rotatable bonds is 4. The van der Waals surface area contributed by atoms with E-state index in [0.717, 1.165) is 0 Å². The quantitative estimate of drug-likeness (QED) is 0.673. The molecule has 0 amide bonds. The van der Waals surface area contributed by atoms with Gasteiger partial charge in [-0.1, -0.05) is 23.7 Å². The molecule has 1 unspecified atom stereocenters. The second-order valence-corrected chi connectivity index (χ2v) is 4.60. The summed E-state index contributed by atoms with van der Waals surface area (Å²) in [7, 11) is 1.37. The van der Waals surface area contributed by atoms with Gasteiger partial charge in [-0.25, -0.2) is 14.2 Å². The van der Waals surface area contributed by atoms with Crippen LogP contribution in [0.25, 0.3) is 0 Å². The van der Waals surface area contributed by atoms with Crippen molar-refractivity contribution in [2.75, 3.05) is 7.11 Å². The number of hydrogen-bond donors (Lipinski definition) is 2. The first-order valence-corrected chi connectivity index (χ1v) is 6.19. The zero-order valence-electron chi connectivity index (χ0n) is 10.7. The van der Waals surface area contributed by atoms with Crippen LogP contribution < -0.4 is 16.0 Å². The lowest BCUT2D eigenvalue weighted by atomic mass is 9.98. The van der Waals surface area contributed by atoms with Gasteiger partial charge in [-0.2, -0.15) is 0 Å². The molecule has 1 atom stereocenters. The largest absolute Gasteiger partial charge is 0.494 e. The maximum atomic E-state index is 13.9. The Morgan fingerprint density at radius 1 is 1.15 bits per heavy atom. The van der Waals surface area contributed by atoms with E-state index in [1.807, 2.05) is 0 Å². The predicted octanol–water partition coefficient (Wildman–Crippen LogP) is 3.18. The molecule has 0 aliphatic rings. The first-order valence-electron chi connectivity index (χ1n) is 5.81. The number of ether oxygens (including phenoxy) is 1. The number of nitrogens with two attached hydrogens (primary N) is 1. The highest BCUT2D eigenvalue weighted by Gasteiger charge is 2.18. The fourth-order valence-corrected chi connectivity index (χ4v) is 2.12. The standard InChI is InChI=1S/C14H13ClF2N2O/c1-20-13-5-2-8(6-12(13)17)14(19-18)10-4-3-9(15)7-11(10)16/h2-7,14,19H,18H2,1H3. The third-order valence-electron chi connectivity index (χ3n) is 2.95. The zero-order valence-corrected chi connectivity index (χ0v) is 11.4. The molecule has 3 nitrogen and oxygen atoms in total. The molecule has 0 radical (unpaired) electrons. The molecular weight excluding hydrogens is 286 g/mol. The van der Waals surface area contributed by atoms with Crippen LogP contribution in [0, 0.1) is 11.6 Å². The van der Waals surface area contributed by atoms with Gasteiger partial charge >= 0.3 is 0 Å². The van der Waals surface area contributed by atoms with Crippen molar-refractivity contribution in [1.29, 1.82) is 0 Å². The number of hydrogen-bond acceptors (Lipinski definition) is 3. The Bertz CT molecular complexity index is 622. The summed E-state index contributed by atoms with van der Waals surface area (Å²) in [5.74, 6) is 4.51. The highest BCUT2D eigenvalue weighted by molar-refractivity contribution is 6.30. The van der Waals surface area contributed by atoms with Crippen LogP contribution in [-0.4, -0.2) is 7.11 Å². The molecule has 3 N–H and O–H groups in total.